The van der Waals surface area contributed by atoms with Crippen LogP contribution in [0.25, 0.3) is 0 Å². The Morgan fingerprint density at radius 1 is 1.50 bits per heavy atom. The van der Waals surface area contributed by atoms with Crippen LogP contribution in [-0.4, -0.2) is 40.3 Å². The maximum Gasteiger partial charge on any atom is 0.229 e. The number of hydrogen-bond acceptors (Lipinski definition) is 6. The van der Waals surface area contributed by atoms with Gasteiger partial charge in [0, 0.05) is 12.4 Å². The van der Waals surface area contributed by atoms with Gasteiger partial charge in [-0.3, -0.25) is 0 Å². The number of methoxy groups -OCH3 is 1. The van der Waals surface area contributed by atoms with Gasteiger partial charge in [-0.2, -0.15) is 16.7 Å². The molecule has 1 unspecified atom stereocenters. The molecule has 0 saturated heterocycles. The SMILES string of the molecule is COCC(O)Cc1nc(CSC2CCCC2)no1. The number of hydrogen-bond donors (Lipinski definition) is 1. The van der Waals surface area contributed by atoms with E-state index in [-0.39, 0.29) is 6.61 Å². The lowest BCUT2D eigenvalue weighted by atomic mass is 10.3. The van der Waals surface area contributed by atoms with E-state index in [1.807, 2.05) is 11.8 Å². The molecule has 2 rings (SSSR count). The Morgan fingerprint density at radius 3 is 3.00 bits per heavy atom. The summed E-state index contributed by atoms with van der Waals surface area (Å²) in [5.41, 5.74) is 0. The molecule has 1 aromatic rings. The second-order valence-corrected chi connectivity index (χ2v) is 5.92. The number of aliphatic hydroxyl groups excluding tert-OH is 1. The standard InChI is InChI=1S/C12H20N2O3S/c1-16-7-9(15)6-12-13-11(14-17-12)8-18-10-4-2-3-5-10/h9-10,15H,2-8H2,1H3. The summed E-state index contributed by atoms with van der Waals surface area (Å²) in [6, 6.07) is 0. The Labute approximate surface area is 111 Å². The van der Waals surface area contributed by atoms with E-state index < -0.39 is 6.10 Å². The van der Waals surface area contributed by atoms with Crippen molar-refractivity contribution >= 4 is 11.8 Å². The van der Waals surface area contributed by atoms with Crippen molar-refractivity contribution in [3.63, 3.8) is 0 Å². The zero-order chi connectivity index (χ0) is 12.8. The summed E-state index contributed by atoms with van der Waals surface area (Å²) in [5, 5.41) is 14.2. The Kier molecular flexibility index (Phi) is 5.46. The monoisotopic (exact) mass is 272 g/mol. The first kappa shape index (κ1) is 13.8. The number of aromatic nitrogens is 2. The van der Waals surface area contributed by atoms with Crippen LogP contribution in [0.2, 0.25) is 0 Å². The van der Waals surface area contributed by atoms with Crippen molar-refractivity contribution in [3.05, 3.63) is 11.7 Å². The predicted molar refractivity (Wildman–Crippen MR) is 69.4 cm³/mol. The van der Waals surface area contributed by atoms with Crippen LogP contribution in [0.4, 0.5) is 0 Å². The third-order valence-corrected chi connectivity index (χ3v) is 4.40. The molecule has 1 N–H and O–H groups in total. The van der Waals surface area contributed by atoms with Crippen molar-refractivity contribution in [2.45, 2.75) is 49.2 Å². The second-order valence-electron chi connectivity index (χ2n) is 4.64. The lowest BCUT2D eigenvalue weighted by Crippen LogP contribution is -2.17. The van der Waals surface area contributed by atoms with Gasteiger partial charge in [0.05, 0.1) is 24.9 Å². The van der Waals surface area contributed by atoms with Gasteiger partial charge in [0.25, 0.3) is 0 Å². The lowest BCUT2D eigenvalue weighted by molar-refractivity contribution is 0.0599. The van der Waals surface area contributed by atoms with E-state index in [0.29, 0.717) is 12.3 Å². The molecule has 1 heterocycles. The molecule has 1 saturated carbocycles. The number of nitrogens with zero attached hydrogens (tertiary/aromatic N) is 2. The molecule has 18 heavy (non-hydrogen) atoms. The molecule has 0 bridgehead atoms. The van der Waals surface area contributed by atoms with Gasteiger partial charge in [0.1, 0.15) is 0 Å². The molecule has 6 heteroatoms. The predicted octanol–water partition coefficient (Wildman–Crippen LogP) is 1.80. The van der Waals surface area contributed by atoms with Gasteiger partial charge in [0.2, 0.25) is 5.89 Å². The summed E-state index contributed by atoms with van der Waals surface area (Å²) in [4.78, 5) is 4.28. The van der Waals surface area contributed by atoms with Gasteiger partial charge in [-0.15, -0.1) is 0 Å². The van der Waals surface area contributed by atoms with Crippen LogP contribution in [-0.2, 0) is 16.9 Å². The molecular formula is C12H20N2O3S. The van der Waals surface area contributed by atoms with E-state index in [2.05, 4.69) is 10.1 Å². The summed E-state index contributed by atoms with van der Waals surface area (Å²) in [5.74, 6) is 2.02. The number of ether oxygens (including phenoxy) is 1. The summed E-state index contributed by atoms with van der Waals surface area (Å²) in [7, 11) is 1.56. The summed E-state index contributed by atoms with van der Waals surface area (Å²) in [6.07, 6.45) is 5.08. The van der Waals surface area contributed by atoms with Crippen LogP contribution in [0.5, 0.6) is 0 Å². The summed E-state index contributed by atoms with van der Waals surface area (Å²) >= 11 is 1.91. The Balaban J connectivity index is 1.74. The topological polar surface area (TPSA) is 68.4 Å². The fraction of sp³-hybridized carbons (Fsp3) is 0.833. The minimum absolute atomic E-state index is 0.286. The first-order chi connectivity index (χ1) is 8.78. The second kappa shape index (κ2) is 7.11. The normalized spacial score (nSPS) is 18.3. The van der Waals surface area contributed by atoms with Crippen LogP contribution >= 0.6 is 11.8 Å². The first-order valence-electron chi connectivity index (χ1n) is 6.38. The van der Waals surface area contributed by atoms with Crippen LogP contribution in [0.15, 0.2) is 4.52 Å². The average Bonchev–Trinajstić information content (AvgIpc) is 2.97. The van der Waals surface area contributed by atoms with Crippen molar-refractivity contribution in [2.75, 3.05) is 13.7 Å². The van der Waals surface area contributed by atoms with Gasteiger partial charge in [-0.25, -0.2) is 0 Å². The molecule has 102 valence electrons. The molecular weight excluding hydrogens is 252 g/mol. The minimum atomic E-state index is -0.578. The van der Waals surface area contributed by atoms with Gasteiger partial charge < -0.3 is 14.4 Å². The summed E-state index contributed by atoms with van der Waals surface area (Å²) in [6.45, 7) is 0.286. The molecule has 0 aliphatic heterocycles. The van der Waals surface area contributed by atoms with Crippen molar-refractivity contribution in [1.82, 2.24) is 10.1 Å². The molecule has 0 amide bonds. The Bertz CT molecular complexity index is 353. The molecule has 1 atom stereocenters. The molecule has 1 aliphatic carbocycles. The van der Waals surface area contributed by atoms with Gasteiger partial charge >= 0.3 is 0 Å². The molecule has 1 aromatic heterocycles. The highest BCUT2D eigenvalue weighted by Crippen LogP contribution is 2.30. The zero-order valence-corrected chi connectivity index (χ0v) is 11.5. The van der Waals surface area contributed by atoms with Crippen molar-refractivity contribution in [1.29, 1.82) is 0 Å². The van der Waals surface area contributed by atoms with Gasteiger partial charge in [0.15, 0.2) is 5.82 Å². The largest absolute Gasteiger partial charge is 0.390 e. The fourth-order valence-corrected chi connectivity index (χ4v) is 3.30. The smallest absolute Gasteiger partial charge is 0.229 e. The molecule has 0 radical (unpaired) electrons. The van der Waals surface area contributed by atoms with E-state index in [9.17, 15) is 5.11 Å². The number of thioether (sulfide) groups is 1. The van der Waals surface area contributed by atoms with E-state index in [4.69, 9.17) is 9.26 Å². The highest BCUT2D eigenvalue weighted by Gasteiger charge is 2.17. The van der Waals surface area contributed by atoms with Crippen LogP contribution in [0, 0.1) is 0 Å². The lowest BCUT2D eigenvalue weighted by Gasteiger charge is -2.05. The maximum absolute atomic E-state index is 9.56. The van der Waals surface area contributed by atoms with Crippen molar-refractivity contribution in [3.8, 4) is 0 Å². The maximum atomic E-state index is 9.56. The molecule has 0 aromatic carbocycles. The van der Waals surface area contributed by atoms with Crippen LogP contribution < -0.4 is 0 Å². The fourth-order valence-electron chi connectivity index (χ4n) is 2.13. The molecule has 0 spiro atoms. The highest BCUT2D eigenvalue weighted by atomic mass is 32.2. The quantitative estimate of drug-likeness (QED) is 0.816. The van der Waals surface area contributed by atoms with E-state index in [1.165, 1.54) is 25.7 Å². The summed E-state index contributed by atoms with van der Waals surface area (Å²) < 4.78 is 9.96. The average molecular weight is 272 g/mol. The minimum Gasteiger partial charge on any atom is -0.390 e. The molecule has 5 nitrogen and oxygen atoms in total. The van der Waals surface area contributed by atoms with Crippen molar-refractivity contribution in [2.24, 2.45) is 0 Å². The first-order valence-corrected chi connectivity index (χ1v) is 7.43. The van der Waals surface area contributed by atoms with Gasteiger partial charge in [-0.1, -0.05) is 18.0 Å². The van der Waals surface area contributed by atoms with Crippen molar-refractivity contribution < 1.29 is 14.4 Å². The Hall–Kier alpha value is -0.590. The highest BCUT2D eigenvalue weighted by molar-refractivity contribution is 7.99. The van der Waals surface area contributed by atoms with Gasteiger partial charge in [-0.05, 0) is 12.8 Å². The third-order valence-electron chi connectivity index (χ3n) is 3.03. The number of rotatable bonds is 7. The van der Waals surface area contributed by atoms with Crippen LogP contribution in [0.3, 0.4) is 0 Å². The molecule has 1 aliphatic rings. The Morgan fingerprint density at radius 2 is 2.28 bits per heavy atom. The third kappa shape index (κ3) is 4.26. The van der Waals surface area contributed by atoms with E-state index in [1.54, 1.807) is 7.11 Å². The van der Waals surface area contributed by atoms with E-state index >= 15 is 0 Å². The van der Waals surface area contributed by atoms with E-state index in [0.717, 1.165) is 16.8 Å². The number of aliphatic hydroxyl groups is 1. The molecule has 1 fully saturated rings. The van der Waals surface area contributed by atoms with Crippen LogP contribution in [0.1, 0.15) is 37.4 Å². The zero-order valence-electron chi connectivity index (χ0n) is 10.7.